The molecule has 0 fully saturated rings. The van der Waals surface area contributed by atoms with Crippen LogP contribution in [0.15, 0.2) is 30.3 Å². The molecule has 0 heterocycles. The highest BCUT2D eigenvalue weighted by atomic mass is 16.2. The van der Waals surface area contributed by atoms with E-state index in [2.05, 4.69) is 10.6 Å². The van der Waals surface area contributed by atoms with Gasteiger partial charge in [-0.3, -0.25) is 9.59 Å². The molecule has 0 aromatic heterocycles. The zero-order chi connectivity index (χ0) is 15.1. The average Bonchev–Trinajstić information content (AvgIpc) is 2.35. The summed E-state index contributed by atoms with van der Waals surface area (Å²) in [6.45, 7) is 7.75. The fraction of sp³-hybridized carbons (Fsp3) is 0.500. The van der Waals surface area contributed by atoms with Gasteiger partial charge in [0.05, 0.1) is 0 Å². The van der Waals surface area contributed by atoms with Crippen molar-refractivity contribution in [1.82, 2.24) is 10.6 Å². The fourth-order valence-corrected chi connectivity index (χ4v) is 1.90. The number of rotatable bonds is 6. The second kappa shape index (κ2) is 7.68. The summed E-state index contributed by atoms with van der Waals surface area (Å²) in [6, 6.07) is 8.71. The molecule has 20 heavy (non-hydrogen) atoms. The maximum atomic E-state index is 12.2. The van der Waals surface area contributed by atoms with Crippen LogP contribution in [0.2, 0.25) is 0 Å². The summed E-state index contributed by atoms with van der Waals surface area (Å²) < 4.78 is 0. The SMILES string of the molecule is CC(C)CC(=O)N[C@H](C(=O)NC(C)C)c1ccccc1. The summed E-state index contributed by atoms with van der Waals surface area (Å²) in [4.78, 5) is 24.2. The van der Waals surface area contributed by atoms with Crippen molar-refractivity contribution in [2.45, 2.75) is 46.2 Å². The standard InChI is InChI=1S/C16H24N2O2/c1-11(2)10-14(19)18-15(16(20)17-12(3)4)13-8-6-5-7-9-13/h5-9,11-12,15H,10H2,1-4H3,(H,17,20)(H,18,19)/t15-/m0/s1. The minimum absolute atomic E-state index is 0.0377. The third-order valence-electron chi connectivity index (χ3n) is 2.72. The van der Waals surface area contributed by atoms with Gasteiger partial charge >= 0.3 is 0 Å². The highest BCUT2D eigenvalue weighted by Crippen LogP contribution is 2.14. The summed E-state index contributed by atoms with van der Waals surface area (Å²) >= 11 is 0. The zero-order valence-corrected chi connectivity index (χ0v) is 12.6. The van der Waals surface area contributed by atoms with Gasteiger partial charge in [-0.1, -0.05) is 44.2 Å². The second-order valence-electron chi connectivity index (χ2n) is 5.67. The molecule has 0 saturated heterocycles. The lowest BCUT2D eigenvalue weighted by Crippen LogP contribution is -2.43. The highest BCUT2D eigenvalue weighted by molar-refractivity contribution is 5.88. The summed E-state index contributed by atoms with van der Waals surface area (Å²) in [6.07, 6.45) is 0.415. The van der Waals surface area contributed by atoms with E-state index in [4.69, 9.17) is 0 Å². The third-order valence-corrected chi connectivity index (χ3v) is 2.72. The number of carbonyl (C=O) groups is 2. The largest absolute Gasteiger partial charge is 0.352 e. The van der Waals surface area contributed by atoms with Crippen LogP contribution in [0.1, 0.15) is 45.7 Å². The Morgan fingerprint density at radius 3 is 2.10 bits per heavy atom. The Balaban J connectivity index is 2.85. The number of amides is 2. The van der Waals surface area contributed by atoms with E-state index in [1.165, 1.54) is 0 Å². The monoisotopic (exact) mass is 276 g/mol. The van der Waals surface area contributed by atoms with Crippen LogP contribution in [0.25, 0.3) is 0 Å². The first kappa shape index (κ1) is 16.2. The molecule has 4 heteroatoms. The van der Waals surface area contributed by atoms with E-state index in [-0.39, 0.29) is 23.8 Å². The topological polar surface area (TPSA) is 58.2 Å². The highest BCUT2D eigenvalue weighted by Gasteiger charge is 2.23. The lowest BCUT2D eigenvalue weighted by molar-refractivity contribution is -0.129. The van der Waals surface area contributed by atoms with Crippen molar-refractivity contribution in [3.05, 3.63) is 35.9 Å². The molecule has 2 amide bonds. The summed E-state index contributed by atoms with van der Waals surface area (Å²) in [5, 5.41) is 5.67. The summed E-state index contributed by atoms with van der Waals surface area (Å²) in [5.74, 6) is -0.0179. The van der Waals surface area contributed by atoms with Gasteiger partial charge in [0, 0.05) is 12.5 Å². The Hall–Kier alpha value is -1.84. The van der Waals surface area contributed by atoms with E-state index < -0.39 is 6.04 Å². The Morgan fingerprint density at radius 2 is 1.60 bits per heavy atom. The number of hydrogen-bond donors (Lipinski definition) is 2. The fourth-order valence-electron chi connectivity index (χ4n) is 1.90. The zero-order valence-electron chi connectivity index (χ0n) is 12.6. The molecular weight excluding hydrogens is 252 g/mol. The second-order valence-corrected chi connectivity index (χ2v) is 5.67. The Bertz CT molecular complexity index is 441. The van der Waals surface area contributed by atoms with E-state index in [1.54, 1.807) is 0 Å². The van der Waals surface area contributed by atoms with Crippen molar-refractivity contribution in [2.24, 2.45) is 5.92 Å². The molecule has 1 rings (SSSR count). The number of nitrogens with one attached hydrogen (secondary N) is 2. The molecule has 0 aliphatic rings. The molecule has 110 valence electrons. The lowest BCUT2D eigenvalue weighted by atomic mass is 10.0. The van der Waals surface area contributed by atoms with Crippen molar-refractivity contribution in [3.63, 3.8) is 0 Å². The molecule has 0 aliphatic heterocycles. The van der Waals surface area contributed by atoms with E-state index in [0.29, 0.717) is 6.42 Å². The Morgan fingerprint density at radius 1 is 1.00 bits per heavy atom. The molecule has 0 aliphatic carbocycles. The van der Waals surface area contributed by atoms with Gasteiger partial charge in [-0.25, -0.2) is 0 Å². The van der Waals surface area contributed by atoms with Crippen LogP contribution in [0.4, 0.5) is 0 Å². The minimum atomic E-state index is -0.634. The van der Waals surface area contributed by atoms with Gasteiger partial charge < -0.3 is 10.6 Å². The van der Waals surface area contributed by atoms with Crippen molar-refractivity contribution in [3.8, 4) is 0 Å². The van der Waals surface area contributed by atoms with Gasteiger partial charge in [0.25, 0.3) is 0 Å². The minimum Gasteiger partial charge on any atom is -0.352 e. The van der Waals surface area contributed by atoms with E-state index in [0.717, 1.165) is 5.56 Å². The number of hydrogen-bond acceptors (Lipinski definition) is 2. The quantitative estimate of drug-likeness (QED) is 0.838. The van der Waals surface area contributed by atoms with Gasteiger partial charge in [0.1, 0.15) is 6.04 Å². The molecule has 0 radical (unpaired) electrons. The third kappa shape index (κ3) is 5.43. The molecule has 1 atom stereocenters. The van der Waals surface area contributed by atoms with Crippen LogP contribution in [-0.2, 0) is 9.59 Å². The number of benzene rings is 1. The van der Waals surface area contributed by atoms with Gasteiger partial charge in [-0.15, -0.1) is 0 Å². The molecular formula is C16H24N2O2. The molecule has 0 bridgehead atoms. The van der Waals surface area contributed by atoms with Crippen LogP contribution in [0.3, 0.4) is 0 Å². The van der Waals surface area contributed by atoms with Gasteiger partial charge in [0.15, 0.2) is 0 Å². The maximum absolute atomic E-state index is 12.2. The van der Waals surface area contributed by atoms with Crippen molar-refractivity contribution in [1.29, 1.82) is 0 Å². The molecule has 0 unspecified atom stereocenters. The number of carbonyl (C=O) groups excluding carboxylic acids is 2. The van der Waals surface area contributed by atoms with Gasteiger partial charge in [0.2, 0.25) is 11.8 Å². The van der Waals surface area contributed by atoms with Gasteiger partial charge in [-0.05, 0) is 25.3 Å². The smallest absolute Gasteiger partial charge is 0.247 e. The first-order valence-corrected chi connectivity index (χ1v) is 7.04. The van der Waals surface area contributed by atoms with Crippen molar-refractivity contribution < 1.29 is 9.59 Å². The maximum Gasteiger partial charge on any atom is 0.247 e. The van der Waals surface area contributed by atoms with Crippen LogP contribution < -0.4 is 10.6 Å². The first-order valence-electron chi connectivity index (χ1n) is 7.04. The molecule has 0 saturated carbocycles. The molecule has 4 nitrogen and oxygen atoms in total. The van der Waals surface area contributed by atoms with E-state index >= 15 is 0 Å². The molecule has 1 aromatic carbocycles. The average molecular weight is 276 g/mol. The van der Waals surface area contributed by atoms with E-state index in [9.17, 15) is 9.59 Å². The Labute approximate surface area is 121 Å². The predicted molar refractivity (Wildman–Crippen MR) is 80.1 cm³/mol. The van der Waals surface area contributed by atoms with Crippen molar-refractivity contribution in [2.75, 3.05) is 0 Å². The predicted octanol–water partition coefficient (Wildman–Crippen LogP) is 2.41. The lowest BCUT2D eigenvalue weighted by Gasteiger charge is -2.20. The molecule has 1 aromatic rings. The van der Waals surface area contributed by atoms with Crippen molar-refractivity contribution >= 4 is 11.8 Å². The van der Waals surface area contributed by atoms with Crippen LogP contribution in [0, 0.1) is 5.92 Å². The van der Waals surface area contributed by atoms with Crippen LogP contribution in [0.5, 0.6) is 0 Å². The molecule has 0 spiro atoms. The van der Waals surface area contributed by atoms with Crippen LogP contribution in [-0.4, -0.2) is 17.9 Å². The van der Waals surface area contributed by atoms with E-state index in [1.807, 2.05) is 58.0 Å². The normalized spacial score (nSPS) is 12.3. The molecule has 2 N–H and O–H groups in total. The van der Waals surface area contributed by atoms with Gasteiger partial charge in [-0.2, -0.15) is 0 Å². The Kier molecular flexibility index (Phi) is 6.22. The summed E-state index contributed by atoms with van der Waals surface area (Å²) in [7, 11) is 0. The summed E-state index contributed by atoms with van der Waals surface area (Å²) in [5.41, 5.74) is 0.794. The van der Waals surface area contributed by atoms with Crippen LogP contribution >= 0.6 is 0 Å². The first-order chi connectivity index (χ1) is 9.40.